The number of carbonyl (C=O) groups excluding carboxylic acids is 4. The molecule has 122 heavy (non-hydrogen) atoms. The smallest absolute Gasteiger partial charge is 0.550 e. The van der Waals surface area contributed by atoms with E-state index in [0.29, 0.717) is 12.8 Å². The van der Waals surface area contributed by atoms with E-state index in [9.17, 15) is 49.2 Å². The molecule has 0 heterocycles. The van der Waals surface area contributed by atoms with E-state index in [-0.39, 0.29) is 71.8 Å². The quantitative estimate of drug-likeness (QED) is 0.0427. The second-order valence-corrected chi connectivity index (χ2v) is 36.5. The van der Waals surface area contributed by atoms with Crippen LogP contribution in [0.15, 0.2) is 0 Å². The van der Waals surface area contributed by atoms with Gasteiger partial charge in [0.2, 0.25) is 0 Å². The van der Waals surface area contributed by atoms with Crippen molar-refractivity contribution in [2.24, 2.45) is 0 Å². The van der Waals surface area contributed by atoms with Crippen LogP contribution < -0.4 is 20.4 Å². The van der Waals surface area contributed by atoms with Gasteiger partial charge >= 0.3 is 58.0 Å². The molecule has 0 bridgehead atoms. The van der Waals surface area contributed by atoms with Crippen LogP contribution in [0.3, 0.4) is 0 Å². The molecule has 0 spiro atoms. The first-order valence-corrected chi connectivity index (χ1v) is 53.9. The Kier molecular flexibility index (Phi) is 147. The molecule has 0 saturated heterocycles. The van der Waals surface area contributed by atoms with Gasteiger partial charge in [-0.05, 0) is 64.2 Å². The molecule has 12 nitrogen and oxygen atoms in total. The molecule has 0 fully saturated rings. The van der Waals surface area contributed by atoms with Gasteiger partial charge in [-0.3, -0.25) is 9.59 Å². The van der Waals surface area contributed by atoms with Crippen LogP contribution in [0.4, 0.5) is 0 Å². The van der Waals surface area contributed by atoms with E-state index in [4.69, 9.17) is 10.2 Å². The summed E-state index contributed by atoms with van der Waals surface area (Å²) >= 11 is 0. The summed E-state index contributed by atoms with van der Waals surface area (Å²) in [6.07, 6.45) is 120. The first kappa shape index (κ1) is 136. The van der Waals surface area contributed by atoms with Gasteiger partial charge in [-0.25, -0.2) is 0 Å². The Morgan fingerprint density at radius 2 is 0.197 bits per heavy atom. The largest absolute Gasteiger partial charge is 2.00 e. The molecule has 0 radical (unpaired) electrons. The van der Waals surface area contributed by atoms with E-state index >= 15 is 0 Å². The van der Waals surface area contributed by atoms with Crippen LogP contribution >= 0.6 is 0 Å². The molecule has 0 aromatic carbocycles. The minimum Gasteiger partial charge on any atom is -0.550 e. The standard InChI is InChI=1S/6C18H36O2.2Mg/c6*1-2-3-4-5-6-7-8-9-10-11-12-13-14-15-16-17-18(19)20;;/h6*2-17H2,1H3,(H,19,20);;/q;;;;;;2*+2/p-4. The summed E-state index contributed by atoms with van der Waals surface area (Å²) in [5.41, 5.74) is 0. The van der Waals surface area contributed by atoms with Crippen LogP contribution in [-0.4, -0.2) is 92.1 Å². The van der Waals surface area contributed by atoms with Crippen molar-refractivity contribution in [1.29, 1.82) is 0 Å². The number of rotatable bonds is 96. The zero-order valence-electron chi connectivity index (χ0n) is 83.3. The molecule has 720 valence electrons. The summed E-state index contributed by atoms with van der Waals surface area (Å²) in [5.74, 6) is -4.92. The van der Waals surface area contributed by atoms with E-state index in [1.165, 1.54) is 501 Å². The average molecular weight is 1750 g/mol. The molecule has 2 N–H and O–H groups in total. The van der Waals surface area contributed by atoms with Crippen molar-refractivity contribution in [2.75, 3.05) is 0 Å². The van der Waals surface area contributed by atoms with Gasteiger partial charge in [0.05, 0.1) is 0 Å². The fourth-order valence-corrected chi connectivity index (χ4v) is 15.9. The third-order valence-corrected chi connectivity index (χ3v) is 23.9. The summed E-state index contributed by atoms with van der Waals surface area (Å²) in [5, 5.41) is 57.9. The molecule has 0 aliphatic rings. The molecular formula is C108H212Mg2O12. The zero-order valence-corrected chi connectivity index (χ0v) is 86.1. The molecule has 0 amide bonds. The summed E-state index contributed by atoms with van der Waals surface area (Å²) in [6, 6.07) is 0. The molecule has 14 heteroatoms. The van der Waals surface area contributed by atoms with Gasteiger partial charge in [0.1, 0.15) is 0 Å². The summed E-state index contributed by atoms with van der Waals surface area (Å²) < 4.78 is 0. The van der Waals surface area contributed by atoms with Crippen molar-refractivity contribution in [2.45, 2.75) is 658 Å². The van der Waals surface area contributed by atoms with Crippen LogP contribution in [-0.2, 0) is 28.8 Å². The molecule has 0 aliphatic carbocycles. The minimum atomic E-state index is -0.903. The summed E-state index contributed by atoms with van der Waals surface area (Å²) in [4.78, 5) is 61.6. The van der Waals surface area contributed by atoms with Gasteiger partial charge in [-0.1, -0.05) is 581 Å². The number of unbranched alkanes of at least 4 members (excludes halogenated alkanes) is 84. The number of carboxylic acids is 6. The van der Waals surface area contributed by atoms with Crippen molar-refractivity contribution in [3.8, 4) is 0 Å². The Bertz CT molecular complexity index is 1570. The number of aliphatic carboxylic acids is 6. The molecule has 0 saturated carbocycles. The second kappa shape index (κ2) is 132. The predicted molar refractivity (Wildman–Crippen MR) is 524 cm³/mol. The molecule has 0 aromatic rings. The normalized spacial score (nSPS) is 10.7. The maximum atomic E-state index is 10.3. The van der Waals surface area contributed by atoms with Gasteiger partial charge in [0, 0.05) is 36.7 Å². The SMILES string of the molecule is CCCCCCCCCCCCCCCCCC(=O)O.CCCCCCCCCCCCCCCCCC(=O)O.CCCCCCCCCCCCCCCCCC(=O)[O-].CCCCCCCCCCCCCCCCCC(=O)[O-].CCCCCCCCCCCCCCCCCC(=O)[O-].CCCCCCCCCCCCCCCCCC(=O)[O-].[Mg+2].[Mg+2]. The second-order valence-electron chi connectivity index (χ2n) is 36.5. The monoisotopic (exact) mass is 1750 g/mol. The topological polar surface area (TPSA) is 235 Å². The third kappa shape index (κ3) is 162. The molecule has 0 unspecified atom stereocenters. The van der Waals surface area contributed by atoms with Gasteiger partial charge < -0.3 is 49.8 Å². The van der Waals surface area contributed by atoms with E-state index in [1.54, 1.807) is 0 Å². The predicted octanol–water partition coefficient (Wildman–Crippen LogP) is 31.9. The Morgan fingerprint density at radius 1 is 0.131 bits per heavy atom. The van der Waals surface area contributed by atoms with Crippen LogP contribution in [0.1, 0.15) is 658 Å². The van der Waals surface area contributed by atoms with E-state index in [0.717, 1.165) is 77.0 Å². The van der Waals surface area contributed by atoms with Crippen molar-refractivity contribution in [1.82, 2.24) is 0 Å². The van der Waals surface area contributed by atoms with Crippen LogP contribution in [0.25, 0.3) is 0 Å². The molecular weight excluding hydrogens is 1540 g/mol. The maximum absolute atomic E-state index is 10.3. The average Bonchev–Trinajstić information content (AvgIpc) is 1.20. The summed E-state index contributed by atoms with van der Waals surface area (Å²) in [7, 11) is 0. The van der Waals surface area contributed by atoms with E-state index in [1.807, 2.05) is 0 Å². The van der Waals surface area contributed by atoms with E-state index < -0.39 is 35.8 Å². The Labute approximate surface area is 793 Å². The maximum Gasteiger partial charge on any atom is 2.00 e. The van der Waals surface area contributed by atoms with Gasteiger partial charge in [0.15, 0.2) is 0 Å². The number of hydrogen-bond donors (Lipinski definition) is 2. The Hall–Kier alpha value is -1.65. The van der Waals surface area contributed by atoms with Gasteiger partial charge in [0.25, 0.3) is 0 Å². The Morgan fingerprint density at radius 3 is 0.262 bits per heavy atom. The first-order chi connectivity index (χ1) is 58.6. The van der Waals surface area contributed by atoms with Gasteiger partial charge in [-0.2, -0.15) is 0 Å². The molecule has 0 rings (SSSR count). The van der Waals surface area contributed by atoms with Crippen LogP contribution in [0.5, 0.6) is 0 Å². The van der Waals surface area contributed by atoms with Crippen LogP contribution in [0.2, 0.25) is 0 Å². The molecule has 0 atom stereocenters. The Balaban J connectivity index is -0.000000212. The van der Waals surface area contributed by atoms with Crippen molar-refractivity contribution in [3.05, 3.63) is 0 Å². The van der Waals surface area contributed by atoms with Crippen LogP contribution in [0, 0.1) is 0 Å². The number of carboxylic acid groups (broad SMARTS) is 6. The number of hydrogen-bond acceptors (Lipinski definition) is 10. The molecule has 0 aromatic heterocycles. The zero-order chi connectivity index (χ0) is 89.3. The third-order valence-electron chi connectivity index (χ3n) is 23.9. The molecule has 0 aliphatic heterocycles. The van der Waals surface area contributed by atoms with Crippen molar-refractivity contribution < 1.29 is 59.4 Å². The minimum absolute atomic E-state index is 0. The summed E-state index contributed by atoms with van der Waals surface area (Å²) in [6.45, 7) is 13.6. The fraction of sp³-hybridized carbons (Fsp3) is 0.944. The first-order valence-electron chi connectivity index (χ1n) is 53.9. The number of carbonyl (C=O) groups is 6. The fourth-order valence-electron chi connectivity index (χ4n) is 15.9. The van der Waals surface area contributed by atoms with Crippen molar-refractivity contribution in [3.63, 3.8) is 0 Å². The van der Waals surface area contributed by atoms with Crippen molar-refractivity contribution >= 4 is 81.9 Å². The van der Waals surface area contributed by atoms with Gasteiger partial charge in [-0.15, -0.1) is 0 Å². The van der Waals surface area contributed by atoms with E-state index in [2.05, 4.69) is 41.5 Å².